The normalized spacial score (nSPS) is 12.1. The first-order valence-electron chi connectivity index (χ1n) is 33.3. The van der Waals surface area contributed by atoms with Crippen molar-refractivity contribution in [2.75, 3.05) is 13.2 Å². The van der Waals surface area contributed by atoms with Crippen LogP contribution >= 0.6 is 0 Å². The Morgan fingerprint density at radius 2 is 0.446 bits per heavy atom. The van der Waals surface area contributed by atoms with Crippen molar-refractivity contribution in [2.24, 2.45) is 0 Å². The number of hydrogen-bond acceptors (Lipinski definition) is 6. The molecule has 0 rings (SSSR count). The van der Waals surface area contributed by atoms with Gasteiger partial charge in [-0.05, 0) is 70.6 Å². The molecule has 0 aromatic rings. The van der Waals surface area contributed by atoms with Crippen LogP contribution in [0.3, 0.4) is 0 Å². The van der Waals surface area contributed by atoms with E-state index in [4.69, 9.17) is 14.2 Å². The molecule has 0 heterocycles. The van der Waals surface area contributed by atoms with Crippen molar-refractivity contribution in [1.29, 1.82) is 0 Å². The van der Waals surface area contributed by atoms with Gasteiger partial charge in [-0.25, -0.2) is 0 Å². The highest BCUT2D eigenvalue weighted by molar-refractivity contribution is 5.71. The van der Waals surface area contributed by atoms with Crippen LogP contribution in [0, 0.1) is 0 Å². The number of carbonyl (C=O) groups excluding carboxylic acids is 3. The summed E-state index contributed by atoms with van der Waals surface area (Å²) in [7, 11) is 0. The van der Waals surface area contributed by atoms with Crippen LogP contribution in [0.15, 0.2) is 24.3 Å². The van der Waals surface area contributed by atoms with Gasteiger partial charge in [-0.1, -0.05) is 308 Å². The van der Waals surface area contributed by atoms with Crippen LogP contribution in [0.25, 0.3) is 0 Å². The topological polar surface area (TPSA) is 78.9 Å². The van der Waals surface area contributed by atoms with E-state index in [0.717, 1.165) is 64.2 Å². The Morgan fingerprint density at radius 3 is 0.676 bits per heavy atom. The maximum absolute atomic E-state index is 12.8. The second kappa shape index (κ2) is 63.4. The van der Waals surface area contributed by atoms with Crippen molar-refractivity contribution < 1.29 is 28.6 Å². The Labute approximate surface area is 462 Å². The second-order valence-electron chi connectivity index (χ2n) is 22.7. The first kappa shape index (κ1) is 71.9. The molecule has 6 nitrogen and oxygen atoms in total. The fraction of sp³-hybridized carbons (Fsp3) is 0.897. The number of ether oxygens (including phenoxy) is 3. The van der Waals surface area contributed by atoms with E-state index in [1.54, 1.807) is 0 Å². The predicted octanol–water partition coefficient (Wildman–Crippen LogP) is 22.6. The summed E-state index contributed by atoms with van der Waals surface area (Å²) in [5.41, 5.74) is 0. The number of unbranched alkanes of at least 4 members (excludes halogenated alkanes) is 47. The largest absolute Gasteiger partial charge is 0.462 e. The average Bonchev–Trinajstić information content (AvgIpc) is 3.40. The predicted molar refractivity (Wildman–Crippen MR) is 321 cm³/mol. The van der Waals surface area contributed by atoms with Gasteiger partial charge in [-0.2, -0.15) is 0 Å². The lowest BCUT2D eigenvalue weighted by atomic mass is 10.0. The molecule has 0 amide bonds. The number of hydrogen-bond donors (Lipinski definition) is 0. The molecule has 0 aromatic carbocycles. The summed E-state index contributed by atoms with van der Waals surface area (Å²) in [6.45, 7) is 6.62. The zero-order valence-electron chi connectivity index (χ0n) is 50.1. The minimum absolute atomic E-state index is 0.0697. The molecule has 0 saturated carbocycles. The molecule has 0 saturated heterocycles. The first-order chi connectivity index (χ1) is 36.5. The Morgan fingerprint density at radius 1 is 0.257 bits per heavy atom. The van der Waals surface area contributed by atoms with E-state index in [0.29, 0.717) is 19.3 Å². The summed E-state index contributed by atoms with van der Waals surface area (Å²) in [6.07, 6.45) is 76.9. The molecule has 0 fully saturated rings. The third-order valence-electron chi connectivity index (χ3n) is 15.2. The molecule has 436 valence electrons. The Balaban J connectivity index is 3.87. The average molecular weight is 1040 g/mol. The van der Waals surface area contributed by atoms with Crippen molar-refractivity contribution in [2.45, 2.75) is 380 Å². The zero-order valence-corrected chi connectivity index (χ0v) is 50.1. The van der Waals surface area contributed by atoms with Crippen molar-refractivity contribution in [3.8, 4) is 0 Å². The van der Waals surface area contributed by atoms with Gasteiger partial charge in [0.15, 0.2) is 6.10 Å². The summed E-state index contributed by atoms with van der Waals surface area (Å²) in [5.74, 6) is -0.867. The Hall–Kier alpha value is -2.11. The highest BCUT2D eigenvalue weighted by Crippen LogP contribution is 2.18. The van der Waals surface area contributed by atoms with Crippen molar-refractivity contribution in [1.82, 2.24) is 0 Å². The number of rotatable bonds is 62. The zero-order chi connectivity index (χ0) is 53.6. The summed E-state index contributed by atoms with van der Waals surface area (Å²) in [4.78, 5) is 37.9. The van der Waals surface area contributed by atoms with E-state index in [1.807, 2.05) is 0 Å². The second-order valence-corrected chi connectivity index (χ2v) is 22.7. The van der Waals surface area contributed by atoms with Gasteiger partial charge in [0.25, 0.3) is 0 Å². The molecule has 6 heteroatoms. The third-order valence-corrected chi connectivity index (χ3v) is 15.2. The molecule has 74 heavy (non-hydrogen) atoms. The molecule has 1 unspecified atom stereocenters. The van der Waals surface area contributed by atoms with Gasteiger partial charge < -0.3 is 14.2 Å². The molecule has 0 aromatic heterocycles. The van der Waals surface area contributed by atoms with Gasteiger partial charge in [0.05, 0.1) is 0 Å². The van der Waals surface area contributed by atoms with Gasteiger partial charge in [0, 0.05) is 19.3 Å². The smallest absolute Gasteiger partial charge is 0.306 e. The standard InChI is InChI=1S/C68H128O6/c1-4-7-10-13-16-18-20-22-24-25-26-27-28-29-30-31-32-33-34-35-36-37-38-39-40-41-42-43-45-46-48-50-52-55-58-61-67(70)73-64-65(63-72-66(69)60-57-54-15-12-9-6-3)74-68(71)62-59-56-53-51-49-47-44-23-21-19-17-14-11-8-5-2/h23,25-26,44,65H,4-22,24,27-43,45-64H2,1-3H3/b26-25-,44-23-. The SMILES string of the molecule is CCCCCCCC/C=C\CCCCCCCC(=O)OC(COC(=O)CCCCCCCC)COC(=O)CCCCCCCCCCCCCCCCCCCCCCCCC/C=C\CCCCCCCCCC. The van der Waals surface area contributed by atoms with E-state index in [9.17, 15) is 14.4 Å². The van der Waals surface area contributed by atoms with Gasteiger partial charge in [0.1, 0.15) is 13.2 Å². The summed E-state index contributed by atoms with van der Waals surface area (Å²) >= 11 is 0. The van der Waals surface area contributed by atoms with Crippen LogP contribution in [0.4, 0.5) is 0 Å². The molecule has 0 aliphatic rings. The molecular weight excluding hydrogens is 913 g/mol. The Bertz CT molecular complexity index is 1190. The molecule has 0 aliphatic carbocycles. The van der Waals surface area contributed by atoms with E-state index in [1.165, 1.54) is 270 Å². The molecule has 0 aliphatic heterocycles. The monoisotopic (exact) mass is 1040 g/mol. The van der Waals surface area contributed by atoms with Crippen LogP contribution in [-0.4, -0.2) is 37.2 Å². The Kier molecular flexibility index (Phi) is 61.6. The lowest BCUT2D eigenvalue weighted by Gasteiger charge is -2.18. The maximum Gasteiger partial charge on any atom is 0.306 e. The summed E-state index contributed by atoms with van der Waals surface area (Å²) < 4.78 is 16.8. The first-order valence-corrected chi connectivity index (χ1v) is 33.3. The van der Waals surface area contributed by atoms with Crippen molar-refractivity contribution in [3.63, 3.8) is 0 Å². The molecule has 1 atom stereocenters. The van der Waals surface area contributed by atoms with Crippen LogP contribution in [0.1, 0.15) is 374 Å². The summed E-state index contributed by atoms with van der Waals surface area (Å²) in [5, 5.41) is 0. The van der Waals surface area contributed by atoms with Crippen molar-refractivity contribution >= 4 is 17.9 Å². The molecule has 0 spiro atoms. The molecular formula is C68H128O6. The number of esters is 3. The minimum atomic E-state index is -0.769. The van der Waals surface area contributed by atoms with E-state index >= 15 is 0 Å². The molecule has 0 N–H and O–H groups in total. The van der Waals surface area contributed by atoms with Crippen LogP contribution in [0.5, 0.6) is 0 Å². The molecule has 0 radical (unpaired) electrons. The third kappa shape index (κ3) is 60.8. The molecule has 0 bridgehead atoms. The van der Waals surface area contributed by atoms with Crippen LogP contribution < -0.4 is 0 Å². The highest BCUT2D eigenvalue weighted by Gasteiger charge is 2.19. The van der Waals surface area contributed by atoms with Crippen LogP contribution in [0.2, 0.25) is 0 Å². The van der Waals surface area contributed by atoms with Gasteiger partial charge in [-0.3, -0.25) is 14.4 Å². The quantitative estimate of drug-likeness (QED) is 0.0261. The summed E-state index contributed by atoms with van der Waals surface area (Å²) in [6, 6.07) is 0. The lowest BCUT2D eigenvalue weighted by molar-refractivity contribution is -0.167. The van der Waals surface area contributed by atoms with Gasteiger partial charge in [0.2, 0.25) is 0 Å². The van der Waals surface area contributed by atoms with Crippen molar-refractivity contribution in [3.05, 3.63) is 24.3 Å². The lowest BCUT2D eigenvalue weighted by Crippen LogP contribution is -2.30. The van der Waals surface area contributed by atoms with Gasteiger partial charge in [-0.15, -0.1) is 0 Å². The fourth-order valence-corrected chi connectivity index (χ4v) is 10.1. The fourth-order valence-electron chi connectivity index (χ4n) is 10.1. The highest BCUT2D eigenvalue weighted by atomic mass is 16.6. The van der Waals surface area contributed by atoms with E-state index in [2.05, 4.69) is 45.1 Å². The number of allylic oxidation sites excluding steroid dienone is 4. The minimum Gasteiger partial charge on any atom is -0.462 e. The maximum atomic E-state index is 12.8. The van der Waals surface area contributed by atoms with Crippen LogP contribution in [-0.2, 0) is 28.6 Å². The van der Waals surface area contributed by atoms with E-state index in [-0.39, 0.29) is 31.1 Å². The number of carbonyl (C=O) groups is 3. The van der Waals surface area contributed by atoms with Gasteiger partial charge >= 0.3 is 17.9 Å². The van der Waals surface area contributed by atoms with E-state index < -0.39 is 6.10 Å².